The highest BCUT2D eigenvalue weighted by Crippen LogP contribution is 2.39. The standard InChI is InChI=1S/C31H33N3O5/c1-19-8-10-22(11-9-19)26-23-7-6-13-32-27(23)30(35)34-14-12-20(2)17-33(31(36)28(26)34)18-21-15-24(37-3)29(39-5)25(16-21)38-4/h6-11,13,15-16,20H,12,14,17-18H2,1-5H3/t20-/m1/s1. The van der Waals surface area contributed by atoms with Gasteiger partial charge in [-0.05, 0) is 48.6 Å². The number of methoxy groups -OCH3 is 3. The molecule has 3 heterocycles. The molecule has 8 heteroatoms. The summed E-state index contributed by atoms with van der Waals surface area (Å²) in [6, 6.07) is 15.4. The molecule has 0 saturated carbocycles. The van der Waals surface area contributed by atoms with E-state index in [2.05, 4.69) is 11.9 Å². The second-order valence-electron chi connectivity index (χ2n) is 10.1. The van der Waals surface area contributed by atoms with Crippen molar-refractivity contribution in [3.63, 3.8) is 0 Å². The number of hydrogen-bond acceptors (Lipinski definition) is 6. The van der Waals surface area contributed by atoms with E-state index in [1.54, 1.807) is 38.2 Å². The number of aryl methyl sites for hydroxylation is 1. The maximum atomic E-state index is 14.5. The van der Waals surface area contributed by atoms with Crippen LogP contribution in [0.15, 0.2) is 59.5 Å². The first-order chi connectivity index (χ1) is 18.9. The SMILES string of the molecule is COc1cc(CN2C[C@H](C)CCn3c(c(-c4ccc(C)cc4)c4cccnc4c3=O)C2=O)cc(OC)c1OC. The zero-order valence-electron chi connectivity index (χ0n) is 23.0. The van der Waals surface area contributed by atoms with Crippen LogP contribution in [0, 0.1) is 12.8 Å². The van der Waals surface area contributed by atoms with Crippen molar-refractivity contribution >= 4 is 16.8 Å². The summed E-state index contributed by atoms with van der Waals surface area (Å²) in [4.78, 5) is 34.4. The molecular formula is C31H33N3O5. The molecule has 0 bridgehead atoms. The summed E-state index contributed by atoms with van der Waals surface area (Å²) in [7, 11) is 4.70. The predicted octanol–water partition coefficient (Wildman–Crippen LogP) is 5.08. The van der Waals surface area contributed by atoms with E-state index >= 15 is 0 Å². The van der Waals surface area contributed by atoms with E-state index in [1.165, 1.54) is 0 Å². The number of pyridine rings is 2. The Morgan fingerprint density at radius 1 is 0.974 bits per heavy atom. The molecule has 0 fully saturated rings. The molecule has 0 radical (unpaired) electrons. The highest BCUT2D eigenvalue weighted by Gasteiger charge is 2.31. The third-order valence-corrected chi connectivity index (χ3v) is 7.34. The van der Waals surface area contributed by atoms with Gasteiger partial charge in [-0.15, -0.1) is 0 Å². The number of ether oxygens (including phenoxy) is 3. The van der Waals surface area contributed by atoms with Gasteiger partial charge in [0.2, 0.25) is 5.75 Å². The van der Waals surface area contributed by atoms with Crippen LogP contribution >= 0.6 is 0 Å². The largest absolute Gasteiger partial charge is 0.493 e. The highest BCUT2D eigenvalue weighted by molar-refractivity contribution is 6.07. The molecule has 1 aliphatic rings. The van der Waals surface area contributed by atoms with Crippen LogP contribution in [0.5, 0.6) is 17.2 Å². The fourth-order valence-electron chi connectivity index (χ4n) is 5.35. The van der Waals surface area contributed by atoms with Gasteiger partial charge < -0.3 is 23.7 Å². The van der Waals surface area contributed by atoms with Gasteiger partial charge in [0.15, 0.2) is 11.5 Å². The van der Waals surface area contributed by atoms with Crippen molar-refractivity contribution < 1.29 is 19.0 Å². The zero-order valence-corrected chi connectivity index (χ0v) is 23.0. The van der Waals surface area contributed by atoms with Crippen LogP contribution in [-0.2, 0) is 13.1 Å². The van der Waals surface area contributed by atoms with Gasteiger partial charge in [0.1, 0.15) is 11.2 Å². The number of amides is 1. The Morgan fingerprint density at radius 2 is 1.67 bits per heavy atom. The number of benzene rings is 2. The van der Waals surface area contributed by atoms with Crippen molar-refractivity contribution in [2.24, 2.45) is 5.92 Å². The molecule has 0 spiro atoms. The van der Waals surface area contributed by atoms with Crippen LogP contribution in [-0.4, -0.2) is 48.2 Å². The molecule has 8 nitrogen and oxygen atoms in total. The fraction of sp³-hybridized carbons (Fsp3) is 0.323. The summed E-state index contributed by atoms with van der Waals surface area (Å²) >= 11 is 0. The fourth-order valence-corrected chi connectivity index (χ4v) is 5.35. The lowest BCUT2D eigenvalue weighted by Gasteiger charge is -2.32. The zero-order chi connectivity index (χ0) is 27.7. The normalized spacial score (nSPS) is 15.5. The van der Waals surface area contributed by atoms with Crippen LogP contribution < -0.4 is 19.8 Å². The second kappa shape index (κ2) is 10.8. The first-order valence-electron chi connectivity index (χ1n) is 13.0. The highest BCUT2D eigenvalue weighted by atomic mass is 16.5. The van der Waals surface area contributed by atoms with E-state index in [0.717, 1.165) is 28.7 Å². The molecular weight excluding hydrogens is 494 g/mol. The summed E-state index contributed by atoms with van der Waals surface area (Å²) < 4.78 is 18.2. The van der Waals surface area contributed by atoms with Crippen molar-refractivity contribution in [1.29, 1.82) is 0 Å². The summed E-state index contributed by atoms with van der Waals surface area (Å²) in [5.41, 5.74) is 4.06. The number of carbonyl (C=O) groups is 1. The molecule has 5 rings (SSSR count). The first kappa shape index (κ1) is 26.3. The Kier molecular flexibility index (Phi) is 7.28. The average molecular weight is 528 g/mol. The number of carbonyl (C=O) groups excluding carboxylic acids is 1. The molecule has 4 aromatic rings. The van der Waals surface area contributed by atoms with Crippen molar-refractivity contribution in [1.82, 2.24) is 14.5 Å². The summed E-state index contributed by atoms with van der Waals surface area (Å²) in [5, 5.41) is 0.673. The molecule has 0 N–H and O–H groups in total. The minimum Gasteiger partial charge on any atom is -0.493 e. The molecule has 39 heavy (non-hydrogen) atoms. The minimum atomic E-state index is -0.244. The van der Waals surface area contributed by atoms with Crippen LogP contribution in [0.3, 0.4) is 0 Å². The third-order valence-electron chi connectivity index (χ3n) is 7.34. The Hall–Kier alpha value is -4.33. The van der Waals surface area contributed by atoms with Gasteiger partial charge in [-0.1, -0.05) is 42.8 Å². The van der Waals surface area contributed by atoms with E-state index in [-0.39, 0.29) is 17.4 Å². The number of rotatable bonds is 6. The van der Waals surface area contributed by atoms with Gasteiger partial charge in [-0.3, -0.25) is 14.6 Å². The topological polar surface area (TPSA) is 82.9 Å². The number of hydrogen-bond donors (Lipinski definition) is 0. The summed E-state index contributed by atoms with van der Waals surface area (Å²) in [6.45, 7) is 5.43. The van der Waals surface area contributed by atoms with Crippen molar-refractivity contribution in [2.45, 2.75) is 33.4 Å². The average Bonchev–Trinajstić information content (AvgIpc) is 2.95. The Balaban J connectivity index is 1.71. The van der Waals surface area contributed by atoms with E-state index in [1.807, 2.05) is 54.3 Å². The predicted molar refractivity (Wildman–Crippen MR) is 151 cm³/mol. The molecule has 1 aliphatic heterocycles. The van der Waals surface area contributed by atoms with Crippen LogP contribution in [0.4, 0.5) is 0 Å². The first-order valence-corrected chi connectivity index (χ1v) is 13.0. The molecule has 0 unspecified atom stereocenters. The number of nitrogens with zero attached hydrogens (tertiary/aromatic N) is 3. The number of aromatic nitrogens is 2. The third kappa shape index (κ3) is 4.82. The van der Waals surface area contributed by atoms with Gasteiger partial charge in [-0.25, -0.2) is 0 Å². The van der Waals surface area contributed by atoms with Crippen molar-refractivity contribution in [2.75, 3.05) is 27.9 Å². The smallest absolute Gasteiger partial charge is 0.277 e. The van der Waals surface area contributed by atoms with Gasteiger partial charge in [0.25, 0.3) is 11.5 Å². The second-order valence-corrected chi connectivity index (χ2v) is 10.1. The van der Waals surface area contributed by atoms with Gasteiger partial charge >= 0.3 is 0 Å². The molecule has 2 aromatic carbocycles. The molecule has 0 aliphatic carbocycles. The molecule has 0 saturated heterocycles. The van der Waals surface area contributed by atoms with Crippen LogP contribution in [0.1, 0.15) is 35.0 Å². The monoisotopic (exact) mass is 527 g/mol. The molecule has 1 atom stereocenters. The van der Waals surface area contributed by atoms with E-state index in [0.29, 0.717) is 53.5 Å². The Bertz CT molecular complexity index is 1570. The van der Waals surface area contributed by atoms with Crippen molar-refractivity contribution in [3.8, 4) is 28.4 Å². The van der Waals surface area contributed by atoms with Gasteiger partial charge in [-0.2, -0.15) is 0 Å². The minimum absolute atomic E-state index is 0.179. The molecule has 202 valence electrons. The van der Waals surface area contributed by atoms with Crippen molar-refractivity contribution in [3.05, 3.63) is 81.9 Å². The lowest BCUT2D eigenvalue weighted by atomic mass is 9.95. The molecule has 2 aromatic heterocycles. The maximum absolute atomic E-state index is 14.5. The van der Waals surface area contributed by atoms with E-state index < -0.39 is 0 Å². The van der Waals surface area contributed by atoms with Crippen LogP contribution in [0.25, 0.3) is 22.0 Å². The van der Waals surface area contributed by atoms with Crippen LogP contribution in [0.2, 0.25) is 0 Å². The lowest BCUT2D eigenvalue weighted by Crippen LogP contribution is -2.41. The quantitative estimate of drug-likeness (QED) is 0.348. The summed E-state index contributed by atoms with van der Waals surface area (Å²) in [6.07, 6.45) is 2.37. The van der Waals surface area contributed by atoms with Gasteiger partial charge in [0, 0.05) is 36.8 Å². The Labute approximate surface area is 227 Å². The van der Waals surface area contributed by atoms with E-state index in [9.17, 15) is 9.59 Å². The number of fused-ring (bicyclic) bond motifs is 2. The Morgan fingerprint density at radius 3 is 2.31 bits per heavy atom. The lowest BCUT2D eigenvalue weighted by molar-refractivity contribution is 0.0686. The summed E-state index contributed by atoms with van der Waals surface area (Å²) in [5.74, 6) is 1.52. The maximum Gasteiger partial charge on any atom is 0.277 e. The van der Waals surface area contributed by atoms with E-state index in [4.69, 9.17) is 14.2 Å². The van der Waals surface area contributed by atoms with Gasteiger partial charge in [0.05, 0.1) is 21.3 Å². The molecule has 1 amide bonds.